The lowest BCUT2D eigenvalue weighted by atomic mass is 9.60. The maximum absolute atomic E-state index is 13.1. The molecule has 4 rings (SSSR count). The van der Waals surface area contributed by atoms with E-state index in [2.05, 4.69) is 0 Å². The Hall–Kier alpha value is -2.93. The van der Waals surface area contributed by atoms with Crippen LogP contribution < -0.4 is 5.73 Å². The number of carbonyl (C=O) groups excluding carboxylic acids is 3. The standard InChI is InChI=1S/C20H19NO6/c1-8-3-2-4-9-5-10-6-11-7-12(22)15(19(21)26)18(25)20(11,27)17(24)14(10)16(23)13(8)9/h2-4,10-11,22,24,27H,5-7H2,1H3,(H2,21,26)/t10?,11?,20-/m0/s1. The Morgan fingerprint density at radius 2 is 1.93 bits per heavy atom. The molecule has 0 heterocycles. The third-order valence-corrected chi connectivity index (χ3v) is 6.03. The molecule has 0 saturated heterocycles. The largest absolute Gasteiger partial charge is 0.511 e. The molecule has 7 nitrogen and oxygen atoms in total. The van der Waals surface area contributed by atoms with Crippen molar-refractivity contribution in [3.63, 3.8) is 0 Å². The Morgan fingerprint density at radius 1 is 1.22 bits per heavy atom. The Labute approximate surface area is 154 Å². The highest BCUT2D eigenvalue weighted by Gasteiger charge is 2.59. The normalized spacial score (nSPS) is 30.0. The van der Waals surface area contributed by atoms with Crippen molar-refractivity contribution in [1.82, 2.24) is 0 Å². The minimum atomic E-state index is -2.43. The average molecular weight is 369 g/mol. The summed E-state index contributed by atoms with van der Waals surface area (Å²) in [6.45, 7) is 1.78. The van der Waals surface area contributed by atoms with E-state index in [0.717, 1.165) is 11.1 Å². The van der Waals surface area contributed by atoms with Crippen LogP contribution in [0.5, 0.6) is 0 Å². The highest BCUT2D eigenvalue weighted by Crippen LogP contribution is 2.50. The third-order valence-electron chi connectivity index (χ3n) is 6.03. The first-order valence-corrected chi connectivity index (χ1v) is 8.73. The Bertz CT molecular complexity index is 988. The second-order valence-electron chi connectivity index (χ2n) is 7.52. The number of rotatable bonds is 1. The van der Waals surface area contributed by atoms with Crippen LogP contribution in [0.4, 0.5) is 0 Å². The molecular formula is C20H19NO6. The first kappa shape index (κ1) is 17.5. The van der Waals surface area contributed by atoms with Gasteiger partial charge in [-0.15, -0.1) is 0 Å². The second kappa shape index (κ2) is 5.53. The van der Waals surface area contributed by atoms with E-state index in [9.17, 15) is 29.7 Å². The van der Waals surface area contributed by atoms with E-state index in [1.54, 1.807) is 13.0 Å². The number of hydrogen-bond donors (Lipinski definition) is 4. The van der Waals surface area contributed by atoms with Gasteiger partial charge >= 0.3 is 0 Å². The van der Waals surface area contributed by atoms with Gasteiger partial charge in [-0.3, -0.25) is 14.4 Å². The van der Waals surface area contributed by atoms with Crippen LogP contribution in [-0.2, 0) is 16.0 Å². The molecule has 1 aromatic rings. The van der Waals surface area contributed by atoms with Crippen molar-refractivity contribution in [3.05, 3.63) is 57.6 Å². The van der Waals surface area contributed by atoms with E-state index in [4.69, 9.17) is 5.73 Å². The van der Waals surface area contributed by atoms with Crippen molar-refractivity contribution >= 4 is 17.5 Å². The van der Waals surface area contributed by atoms with Crippen molar-refractivity contribution in [2.75, 3.05) is 0 Å². The Kier molecular flexibility index (Phi) is 3.58. The number of nitrogens with two attached hydrogens (primary N) is 1. The number of primary amides is 1. The van der Waals surface area contributed by atoms with E-state index in [0.29, 0.717) is 12.0 Å². The fourth-order valence-electron chi connectivity index (χ4n) is 4.76. The molecule has 0 spiro atoms. The Morgan fingerprint density at radius 3 is 2.59 bits per heavy atom. The van der Waals surface area contributed by atoms with Gasteiger partial charge in [0.2, 0.25) is 5.78 Å². The number of amides is 1. The molecule has 1 aromatic carbocycles. The van der Waals surface area contributed by atoms with E-state index < -0.39 is 46.1 Å². The molecule has 3 aliphatic carbocycles. The van der Waals surface area contributed by atoms with Crippen LogP contribution in [0.2, 0.25) is 0 Å². The van der Waals surface area contributed by atoms with Gasteiger partial charge in [0.15, 0.2) is 11.4 Å². The minimum Gasteiger partial charge on any atom is -0.511 e. The molecule has 140 valence electrons. The number of Topliss-reactive ketones (excluding diaryl/α,β-unsaturated/α-hetero) is 2. The number of fused-ring (bicyclic) bond motifs is 3. The zero-order valence-corrected chi connectivity index (χ0v) is 14.7. The van der Waals surface area contributed by atoms with E-state index in [-0.39, 0.29) is 24.3 Å². The molecule has 0 aliphatic heterocycles. The molecular weight excluding hydrogens is 350 g/mol. The lowest BCUT2D eigenvalue weighted by Gasteiger charge is -2.45. The van der Waals surface area contributed by atoms with Gasteiger partial charge < -0.3 is 21.1 Å². The summed E-state index contributed by atoms with van der Waals surface area (Å²) >= 11 is 0. The average Bonchev–Trinajstić information content (AvgIpc) is 2.57. The van der Waals surface area contributed by atoms with Crippen LogP contribution in [0, 0.1) is 18.8 Å². The highest BCUT2D eigenvalue weighted by atomic mass is 16.3. The molecule has 2 unspecified atom stereocenters. The number of benzene rings is 1. The quantitative estimate of drug-likeness (QED) is 0.549. The van der Waals surface area contributed by atoms with Gasteiger partial charge in [0, 0.05) is 23.5 Å². The molecule has 3 aliphatic rings. The number of aryl methyl sites for hydroxylation is 1. The van der Waals surface area contributed by atoms with Gasteiger partial charge in [0.05, 0.1) is 0 Å². The summed E-state index contributed by atoms with van der Waals surface area (Å²) in [4.78, 5) is 37.4. The molecule has 0 bridgehead atoms. The van der Waals surface area contributed by atoms with Gasteiger partial charge in [-0.25, -0.2) is 0 Å². The van der Waals surface area contributed by atoms with Crippen LogP contribution in [0.3, 0.4) is 0 Å². The summed E-state index contributed by atoms with van der Waals surface area (Å²) < 4.78 is 0. The lowest BCUT2D eigenvalue weighted by Crippen LogP contribution is -2.57. The Balaban J connectivity index is 1.91. The molecule has 7 heteroatoms. The maximum atomic E-state index is 13.1. The number of aliphatic hydroxyl groups is 3. The second-order valence-corrected chi connectivity index (χ2v) is 7.52. The first-order chi connectivity index (χ1) is 12.7. The maximum Gasteiger partial charge on any atom is 0.255 e. The topological polar surface area (TPSA) is 138 Å². The molecule has 0 radical (unpaired) electrons. The van der Waals surface area contributed by atoms with Crippen LogP contribution in [0.25, 0.3) is 0 Å². The zero-order valence-electron chi connectivity index (χ0n) is 14.7. The summed E-state index contributed by atoms with van der Waals surface area (Å²) in [5.74, 6) is -5.20. The highest BCUT2D eigenvalue weighted by molar-refractivity contribution is 6.24. The lowest BCUT2D eigenvalue weighted by molar-refractivity contribution is -0.144. The number of hydrogen-bond acceptors (Lipinski definition) is 6. The number of aliphatic hydroxyl groups excluding tert-OH is 2. The minimum absolute atomic E-state index is 0.00844. The SMILES string of the molecule is Cc1cccc2c1C(=O)C1=C(O)[C@]3(O)C(=O)C(C(N)=O)=C(O)CC3CC1C2. The number of ketones is 2. The van der Waals surface area contributed by atoms with Crippen molar-refractivity contribution in [2.24, 2.45) is 17.6 Å². The monoisotopic (exact) mass is 369 g/mol. The molecule has 0 fully saturated rings. The smallest absolute Gasteiger partial charge is 0.255 e. The molecule has 3 atom stereocenters. The molecule has 27 heavy (non-hydrogen) atoms. The molecule has 5 N–H and O–H groups in total. The fraction of sp³-hybridized carbons (Fsp3) is 0.350. The van der Waals surface area contributed by atoms with E-state index in [1.165, 1.54) is 0 Å². The van der Waals surface area contributed by atoms with Gasteiger partial charge in [0.25, 0.3) is 5.91 Å². The molecule has 0 saturated carbocycles. The first-order valence-electron chi connectivity index (χ1n) is 8.73. The molecule has 0 aromatic heterocycles. The summed E-state index contributed by atoms with van der Waals surface area (Å²) in [7, 11) is 0. The van der Waals surface area contributed by atoms with E-state index >= 15 is 0 Å². The summed E-state index contributed by atoms with van der Waals surface area (Å²) in [5, 5.41) is 32.0. The fourth-order valence-corrected chi connectivity index (χ4v) is 4.76. The van der Waals surface area contributed by atoms with Crippen LogP contribution >= 0.6 is 0 Å². The van der Waals surface area contributed by atoms with Crippen LogP contribution in [-0.4, -0.2) is 38.4 Å². The van der Waals surface area contributed by atoms with Gasteiger partial charge in [-0.2, -0.15) is 0 Å². The zero-order chi connectivity index (χ0) is 19.7. The predicted molar refractivity (Wildman–Crippen MR) is 93.9 cm³/mol. The van der Waals surface area contributed by atoms with Gasteiger partial charge in [-0.1, -0.05) is 18.2 Å². The van der Waals surface area contributed by atoms with E-state index in [1.807, 2.05) is 12.1 Å². The van der Waals surface area contributed by atoms with Crippen molar-refractivity contribution < 1.29 is 29.7 Å². The summed E-state index contributed by atoms with van der Waals surface area (Å²) in [5.41, 5.74) is 4.08. The van der Waals surface area contributed by atoms with Crippen LogP contribution in [0.15, 0.2) is 40.9 Å². The third kappa shape index (κ3) is 2.15. The van der Waals surface area contributed by atoms with Gasteiger partial charge in [-0.05, 0) is 36.8 Å². The van der Waals surface area contributed by atoms with Crippen molar-refractivity contribution in [1.29, 1.82) is 0 Å². The number of allylic oxidation sites excluding steroid dienone is 2. The predicted octanol–water partition coefficient (Wildman–Crippen LogP) is 1.18. The van der Waals surface area contributed by atoms with Gasteiger partial charge in [0.1, 0.15) is 17.1 Å². The summed E-state index contributed by atoms with van der Waals surface area (Å²) in [6, 6.07) is 5.49. The van der Waals surface area contributed by atoms with Crippen LogP contribution in [0.1, 0.15) is 34.3 Å². The molecule has 1 amide bonds. The summed E-state index contributed by atoms with van der Waals surface area (Å²) in [6.07, 6.45) is 0.524. The van der Waals surface area contributed by atoms with Crippen molar-refractivity contribution in [3.8, 4) is 0 Å². The van der Waals surface area contributed by atoms with Crippen molar-refractivity contribution in [2.45, 2.75) is 31.8 Å². The number of carbonyl (C=O) groups is 3.